The molecule has 0 saturated heterocycles. The molecule has 0 bridgehead atoms. The molecule has 0 aromatic carbocycles. The minimum absolute atomic E-state index is 0.141. The molecular weight excluding hydrogens is 465 g/mol. The lowest BCUT2D eigenvalue weighted by molar-refractivity contribution is -0.286. The van der Waals surface area contributed by atoms with Gasteiger partial charge in [0, 0.05) is 18.1 Å². The van der Waals surface area contributed by atoms with E-state index in [4.69, 9.17) is 0 Å². The molecule has 1 saturated carbocycles. The third kappa shape index (κ3) is 3.88. The number of thioether (sulfide) groups is 1. The van der Waals surface area contributed by atoms with E-state index in [9.17, 15) is 32.0 Å². The summed E-state index contributed by atoms with van der Waals surface area (Å²) in [5.41, 5.74) is 0.0819. The van der Waals surface area contributed by atoms with Gasteiger partial charge in [0.2, 0.25) is 0 Å². The summed E-state index contributed by atoms with van der Waals surface area (Å²) in [5.74, 6) is -4.37. The maximum atomic E-state index is 13.6. The number of pyridine rings is 2. The van der Waals surface area contributed by atoms with Gasteiger partial charge in [0.15, 0.2) is 0 Å². The molecule has 0 unspecified atom stereocenters. The first-order chi connectivity index (χ1) is 15.4. The van der Waals surface area contributed by atoms with Crippen LogP contribution >= 0.6 is 11.8 Å². The van der Waals surface area contributed by atoms with Crippen molar-refractivity contribution in [1.29, 1.82) is 5.26 Å². The van der Waals surface area contributed by atoms with Crippen LogP contribution < -0.4 is 5.69 Å². The molecule has 0 amide bonds. The number of halogens is 5. The normalized spacial score (nSPS) is 15.6. The van der Waals surface area contributed by atoms with Gasteiger partial charge in [-0.2, -0.15) is 27.2 Å². The Labute approximate surface area is 189 Å². The number of aryl methyl sites for hydroxylation is 1. The number of alkyl halides is 5. The van der Waals surface area contributed by atoms with Crippen LogP contribution in [0.5, 0.6) is 0 Å². The molecule has 0 radical (unpaired) electrons. The number of hydrogen-bond acceptors (Lipinski definition) is 5. The highest BCUT2D eigenvalue weighted by atomic mass is 32.2. The van der Waals surface area contributed by atoms with Crippen molar-refractivity contribution in [2.75, 3.05) is 5.75 Å². The molecule has 12 heteroatoms. The predicted octanol–water partition coefficient (Wildman–Crippen LogP) is 4.66. The second-order valence-corrected chi connectivity index (χ2v) is 9.19. The molecule has 3 heterocycles. The Morgan fingerprint density at radius 3 is 2.42 bits per heavy atom. The molecule has 0 atom stereocenters. The predicted molar refractivity (Wildman–Crippen MR) is 112 cm³/mol. The minimum Gasteiger partial charge on any atom is -0.295 e. The fraction of sp³-hybridized carbons (Fsp3) is 0.429. The number of imidazole rings is 1. The average Bonchev–Trinajstić information content (AvgIpc) is 3.53. The smallest absolute Gasteiger partial charge is 0.295 e. The highest BCUT2D eigenvalue weighted by molar-refractivity contribution is 7.99. The van der Waals surface area contributed by atoms with Crippen LogP contribution in [0.25, 0.3) is 22.4 Å². The molecule has 3 aromatic rings. The first-order valence-electron chi connectivity index (χ1n) is 9.99. The van der Waals surface area contributed by atoms with Crippen molar-refractivity contribution in [1.82, 2.24) is 19.1 Å². The largest absolute Gasteiger partial charge is 0.455 e. The Kier molecular flexibility index (Phi) is 5.51. The number of hydrogen-bond donors (Lipinski definition) is 0. The third-order valence-corrected chi connectivity index (χ3v) is 6.63. The number of rotatable bonds is 6. The summed E-state index contributed by atoms with van der Waals surface area (Å²) in [6, 6.07) is 5.64. The van der Waals surface area contributed by atoms with Gasteiger partial charge in [-0.05, 0) is 36.3 Å². The van der Waals surface area contributed by atoms with E-state index in [1.807, 2.05) is 13.0 Å². The molecule has 1 fully saturated rings. The fourth-order valence-corrected chi connectivity index (χ4v) is 4.44. The van der Waals surface area contributed by atoms with Gasteiger partial charge in [-0.3, -0.25) is 19.1 Å². The molecular formula is C21H18F5N5OS. The first-order valence-corrected chi connectivity index (χ1v) is 11.0. The Morgan fingerprint density at radius 1 is 1.15 bits per heavy atom. The molecule has 6 nitrogen and oxygen atoms in total. The summed E-state index contributed by atoms with van der Waals surface area (Å²) < 4.78 is 66.7. The van der Waals surface area contributed by atoms with Crippen LogP contribution in [0.15, 0.2) is 34.2 Å². The van der Waals surface area contributed by atoms with E-state index < -0.39 is 29.7 Å². The van der Waals surface area contributed by atoms with E-state index in [0.29, 0.717) is 21.7 Å². The van der Waals surface area contributed by atoms with E-state index in [2.05, 4.69) is 16.0 Å². The Bertz CT molecular complexity index is 1330. The summed E-state index contributed by atoms with van der Waals surface area (Å²) in [5, 5.41) is 9.47. The van der Waals surface area contributed by atoms with Crippen LogP contribution in [0.2, 0.25) is 0 Å². The maximum Gasteiger partial charge on any atom is 0.455 e. The SMILES string of the molecule is CCSc1cc(C2(C#N)CC2)cnc1-c1cc2c(cn1)n(CC(F)(F)C(F)(F)F)c(=O)n2C. The monoisotopic (exact) mass is 483 g/mol. The quantitative estimate of drug-likeness (QED) is 0.377. The molecule has 0 aliphatic heterocycles. The van der Waals surface area contributed by atoms with Crippen molar-refractivity contribution >= 4 is 22.8 Å². The Balaban J connectivity index is 1.81. The van der Waals surface area contributed by atoms with Crippen LogP contribution in [0.1, 0.15) is 25.3 Å². The number of nitriles is 1. The van der Waals surface area contributed by atoms with E-state index in [1.165, 1.54) is 24.9 Å². The van der Waals surface area contributed by atoms with Crippen LogP contribution in [-0.4, -0.2) is 37.0 Å². The highest BCUT2D eigenvalue weighted by Crippen LogP contribution is 2.48. The van der Waals surface area contributed by atoms with Crippen LogP contribution in [0, 0.1) is 11.3 Å². The van der Waals surface area contributed by atoms with Crippen molar-refractivity contribution in [3.63, 3.8) is 0 Å². The van der Waals surface area contributed by atoms with Gasteiger partial charge < -0.3 is 0 Å². The van der Waals surface area contributed by atoms with E-state index >= 15 is 0 Å². The van der Waals surface area contributed by atoms with Gasteiger partial charge in [-0.1, -0.05) is 6.92 Å². The van der Waals surface area contributed by atoms with Crippen molar-refractivity contribution in [3.05, 3.63) is 40.6 Å². The van der Waals surface area contributed by atoms with Crippen molar-refractivity contribution in [3.8, 4) is 17.5 Å². The van der Waals surface area contributed by atoms with E-state index in [0.717, 1.165) is 34.1 Å². The lowest BCUT2D eigenvalue weighted by Crippen LogP contribution is -2.42. The first kappa shape index (κ1) is 23.2. The molecule has 1 aliphatic rings. The van der Waals surface area contributed by atoms with Gasteiger partial charge in [0.25, 0.3) is 0 Å². The Morgan fingerprint density at radius 2 is 1.85 bits per heavy atom. The summed E-state index contributed by atoms with van der Waals surface area (Å²) in [7, 11) is 1.29. The summed E-state index contributed by atoms with van der Waals surface area (Å²) in [6.45, 7) is 0.105. The number of aromatic nitrogens is 4. The van der Waals surface area contributed by atoms with Crippen molar-refractivity contribution in [2.24, 2.45) is 7.05 Å². The lowest BCUT2D eigenvalue weighted by Gasteiger charge is -2.19. The van der Waals surface area contributed by atoms with Gasteiger partial charge in [-0.15, -0.1) is 11.8 Å². The minimum atomic E-state index is -5.79. The lowest BCUT2D eigenvalue weighted by atomic mass is 9.99. The molecule has 3 aromatic heterocycles. The average molecular weight is 483 g/mol. The molecule has 1 aliphatic carbocycles. The van der Waals surface area contributed by atoms with Crippen LogP contribution in [0.3, 0.4) is 0 Å². The van der Waals surface area contributed by atoms with Crippen LogP contribution in [0.4, 0.5) is 22.0 Å². The Hall–Kier alpha value is -2.94. The second-order valence-electron chi connectivity index (χ2n) is 7.89. The standard InChI is InChI=1S/C21H18F5N5OS/c1-3-33-16-6-12(19(10-27)4-5-19)8-29-17(16)13-7-14-15(9-28-13)31(18(32)30(14)2)11-20(22,23)21(24,25)26/h6-9H,3-5,11H2,1-2H3. The molecule has 4 rings (SSSR count). The topological polar surface area (TPSA) is 76.5 Å². The highest BCUT2D eigenvalue weighted by Gasteiger charge is 2.58. The van der Waals surface area contributed by atoms with Gasteiger partial charge >= 0.3 is 17.8 Å². The van der Waals surface area contributed by atoms with E-state index in [1.54, 1.807) is 6.20 Å². The van der Waals surface area contributed by atoms with Gasteiger partial charge in [0.05, 0.1) is 34.4 Å². The van der Waals surface area contributed by atoms with Gasteiger partial charge in [-0.25, -0.2) is 4.79 Å². The summed E-state index contributed by atoms with van der Waals surface area (Å²) in [4.78, 5) is 21.9. The van der Waals surface area contributed by atoms with Crippen LogP contribution in [-0.2, 0) is 19.0 Å². The molecule has 33 heavy (non-hydrogen) atoms. The van der Waals surface area contributed by atoms with Gasteiger partial charge in [0.1, 0.15) is 12.2 Å². The summed E-state index contributed by atoms with van der Waals surface area (Å²) in [6.07, 6.45) is -1.58. The third-order valence-electron chi connectivity index (χ3n) is 5.71. The van der Waals surface area contributed by atoms with E-state index in [-0.39, 0.29) is 11.0 Å². The second kappa shape index (κ2) is 7.83. The van der Waals surface area contributed by atoms with Crippen molar-refractivity contribution < 1.29 is 22.0 Å². The molecule has 0 spiro atoms. The fourth-order valence-electron chi connectivity index (χ4n) is 3.63. The summed E-state index contributed by atoms with van der Waals surface area (Å²) >= 11 is 1.48. The zero-order valence-electron chi connectivity index (χ0n) is 17.6. The van der Waals surface area contributed by atoms with Crippen molar-refractivity contribution in [2.45, 2.75) is 48.7 Å². The molecule has 174 valence electrons. The zero-order chi connectivity index (χ0) is 24.2. The molecule has 0 N–H and O–H groups in total. The maximum absolute atomic E-state index is 13.6. The zero-order valence-corrected chi connectivity index (χ0v) is 18.4. The number of fused-ring (bicyclic) bond motifs is 1. The number of nitrogens with zero attached hydrogens (tertiary/aromatic N) is 5.